The molecule has 0 bridgehead atoms. The number of hydrogen-bond donors (Lipinski definition) is 2. The predicted molar refractivity (Wildman–Crippen MR) is 36.3 cm³/mol. The number of ether oxygens (including phenoxy) is 1. The number of nitrogens with one attached hydrogen (secondary N) is 1. The Morgan fingerprint density at radius 1 is 1.83 bits per heavy atom. The molecule has 0 saturated carbocycles. The number of nitrogens with zero attached hydrogens (tertiary/aromatic N) is 2. The summed E-state index contributed by atoms with van der Waals surface area (Å²) < 4.78 is 4.30. The Hall–Kier alpha value is -2.03. The van der Waals surface area contributed by atoms with Gasteiger partial charge < -0.3 is 9.84 Å². The van der Waals surface area contributed by atoms with E-state index in [4.69, 9.17) is 10.4 Å². The zero-order valence-electron chi connectivity index (χ0n) is 6.16. The SMILES string of the molecule is COC(=O)c1[nH]nc(C#N)c1O. The number of nitriles is 1. The molecule has 1 heterocycles. The first-order valence-electron chi connectivity index (χ1n) is 2.96. The number of carbonyl (C=O) groups is 1. The molecule has 0 amide bonds. The molecule has 62 valence electrons. The van der Waals surface area contributed by atoms with Gasteiger partial charge in [0.25, 0.3) is 0 Å². The van der Waals surface area contributed by atoms with Gasteiger partial charge in [-0.15, -0.1) is 0 Å². The van der Waals surface area contributed by atoms with Crippen molar-refractivity contribution in [3.63, 3.8) is 0 Å². The summed E-state index contributed by atoms with van der Waals surface area (Å²) in [6, 6.07) is 1.59. The Balaban J connectivity index is 3.12. The average molecular weight is 167 g/mol. The van der Waals surface area contributed by atoms with Crippen molar-refractivity contribution in [2.45, 2.75) is 0 Å². The second-order valence-corrected chi connectivity index (χ2v) is 1.90. The van der Waals surface area contributed by atoms with Crippen LogP contribution in [0.3, 0.4) is 0 Å². The molecule has 1 aromatic heterocycles. The largest absolute Gasteiger partial charge is 0.503 e. The van der Waals surface area contributed by atoms with Crippen molar-refractivity contribution < 1.29 is 14.6 Å². The van der Waals surface area contributed by atoms with E-state index in [2.05, 4.69) is 14.9 Å². The fourth-order valence-electron chi connectivity index (χ4n) is 0.658. The summed E-state index contributed by atoms with van der Waals surface area (Å²) in [4.78, 5) is 10.8. The first-order valence-corrected chi connectivity index (χ1v) is 2.96. The van der Waals surface area contributed by atoms with Crippen LogP contribution in [-0.2, 0) is 4.74 Å². The molecule has 0 spiro atoms. The molecule has 0 unspecified atom stereocenters. The number of methoxy groups -OCH3 is 1. The fraction of sp³-hybridized carbons (Fsp3) is 0.167. The third-order valence-electron chi connectivity index (χ3n) is 1.24. The van der Waals surface area contributed by atoms with Gasteiger partial charge in [-0.2, -0.15) is 10.4 Å². The van der Waals surface area contributed by atoms with E-state index in [-0.39, 0.29) is 11.4 Å². The number of aromatic hydroxyl groups is 1. The van der Waals surface area contributed by atoms with E-state index < -0.39 is 11.7 Å². The van der Waals surface area contributed by atoms with Crippen LogP contribution in [0, 0.1) is 11.3 Å². The van der Waals surface area contributed by atoms with Gasteiger partial charge in [-0.25, -0.2) is 4.79 Å². The van der Waals surface area contributed by atoms with Crippen molar-refractivity contribution in [1.82, 2.24) is 10.2 Å². The van der Waals surface area contributed by atoms with Gasteiger partial charge >= 0.3 is 5.97 Å². The Bertz CT molecular complexity index is 349. The van der Waals surface area contributed by atoms with Crippen molar-refractivity contribution in [3.05, 3.63) is 11.4 Å². The van der Waals surface area contributed by atoms with Crippen LogP contribution in [0.25, 0.3) is 0 Å². The number of esters is 1. The van der Waals surface area contributed by atoms with Crippen LogP contribution < -0.4 is 0 Å². The van der Waals surface area contributed by atoms with Crippen LogP contribution in [0.15, 0.2) is 0 Å². The molecule has 0 fully saturated rings. The molecule has 0 aliphatic heterocycles. The summed E-state index contributed by atoms with van der Waals surface area (Å²) in [7, 11) is 1.16. The van der Waals surface area contributed by atoms with Gasteiger partial charge in [-0.1, -0.05) is 0 Å². The molecule has 1 rings (SSSR count). The van der Waals surface area contributed by atoms with E-state index in [1.165, 1.54) is 0 Å². The van der Waals surface area contributed by atoms with Crippen molar-refractivity contribution in [2.75, 3.05) is 7.11 Å². The standard InChI is InChI=1S/C6H5N3O3/c1-12-6(11)4-5(10)3(2-7)8-9-4/h10H,1H3,(H,8,9). The third kappa shape index (κ3) is 1.08. The number of rotatable bonds is 1. The lowest BCUT2D eigenvalue weighted by molar-refractivity contribution is 0.0590. The van der Waals surface area contributed by atoms with Gasteiger partial charge in [0.2, 0.25) is 5.69 Å². The van der Waals surface area contributed by atoms with E-state index in [1.807, 2.05) is 0 Å². The zero-order valence-corrected chi connectivity index (χ0v) is 6.16. The van der Waals surface area contributed by atoms with E-state index in [0.717, 1.165) is 7.11 Å². The average Bonchev–Trinajstić information content (AvgIpc) is 2.45. The zero-order chi connectivity index (χ0) is 9.14. The molecule has 12 heavy (non-hydrogen) atoms. The van der Waals surface area contributed by atoms with Crippen LogP contribution in [0.1, 0.15) is 16.2 Å². The maximum absolute atomic E-state index is 10.8. The summed E-state index contributed by atoms with van der Waals surface area (Å²) in [6.07, 6.45) is 0. The summed E-state index contributed by atoms with van der Waals surface area (Å²) in [5.41, 5.74) is -0.440. The van der Waals surface area contributed by atoms with Crippen LogP contribution in [-0.4, -0.2) is 28.4 Å². The number of aromatic amines is 1. The number of carbonyl (C=O) groups excluding carboxylic acids is 1. The van der Waals surface area contributed by atoms with Crippen LogP contribution >= 0.6 is 0 Å². The molecule has 1 aromatic rings. The van der Waals surface area contributed by atoms with Crippen LogP contribution in [0.4, 0.5) is 0 Å². The fourth-order valence-corrected chi connectivity index (χ4v) is 0.658. The van der Waals surface area contributed by atoms with Crippen molar-refractivity contribution in [3.8, 4) is 11.8 Å². The van der Waals surface area contributed by atoms with Gasteiger partial charge in [0.1, 0.15) is 6.07 Å². The minimum atomic E-state index is -0.762. The second kappa shape index (κ2) is 2.92. The maximum Gasteiger partial charge on any atom is 0.360 e. The Morgan fingerprint density at radius 3 is 2.92 bits per heavy atom. The molecular weight excluding hydrogens is 162 g/mol. The summed E-state index contributed by atoms with van der Waals surface area (Å²) in [5.74, 6) is -1.24. The van der Waals surface area contributed by atoms with E-state index in [9.17, 15) is 4.79 Å². The van der Waals surface area contributed by atoms with E-state index in [1.54, 1.807) is 6.07 Å². The van der Waals surface area contributed by atoms with E-state index in [0.29, 0.717) is 0 Å². The van der Waals surface area contributed by atoms with Crippen LogP contribution in [0.2, 0.25) is 0 Å². The highest BCUT2D eigenvalue weighted by Gasteiger charge is 2.18. The van der Waals surface area contributed by atoms with E-state index >= 15 is 0 Å². The molecule has 2 N–H and O–H groups in total. The normalized spacial score (nSPS) is 9.00. The molecule has 0 aliphatic rings. The molecule has 0 aliphatic carbocycles. The molecule has 0 radical (unpaired) electrons. The highest BCUT2D eigenvalue weighted by molar-refractivity contribution is 5.90. The Kier molecular flexibility index (Phi) is 1.96. The summed E-state index contributed by atoms with van der Waals surface area (Å²) in [5, 5.41) is 23.0. The quantitative estimate of drug-likeness (QED) is 0.563. The minimum Gasteiger partial charge on any atom is -0.503 e. The van der Waals surface area contributed by atoms with Gasteiger partial charge in [-0.3, -0.25) is 5.10 Å². The molecule has 0 atom stereocenters. The monoisotopic (exact) mass is 167 g/mol. The van der Waals surface area contributed by atoms with Gasteiger partial charge in [0.15, 0.2) is 11.4 Å². The highest BCUT2D eigenvalue weighted by atomic mass is 16.5. The van der Waals surface area contributed by atoms with Crippen molar-refractivity contribution in [1.29, 1.82) is 5.26 Å². The maximum atomic E-state index is 10.8. The first kappa shape index (κ1) is 8.07. The topological polar surface area (TPSA) is 99.0 Å². The lowest BCUT2D eigenvalue weighted by Crippen LogP contribution is -2.01. The molecule has 0 saturated heterocycles. The van der Waals surface area contributed by atoms with Crippen LogP contribution in [0.5, 0.6) is 5.75 Å². The number of aromatic nitrogens is 2. The van der Waals surface area contributed by atoms with Gasteiger partial charge in [0, 0.05) is 0 Å². The molecule has 0 aromatic carbocycles. The Morgan fingerprint density at radius 2 is 2.50 bits per heavy atom. The summed E-state index contributed by atoms with van der Waals surface area (Å²) in [6.45, 7) is 0. The first-order chi connectivity index (χ1) is 5.70. The number of H-pyrrole nitrogens is 1. The molecule has 6 heteroatoms. The van der Waals surface area contributed by atoms with Crippen molar-refractivity contribution in [2.24, 2.45) is 0 Å². The lowest BCUT2D eigenvalue weighted by Gasteiger charge is -1.93. The Labute approximate surface area is 67.4 Å². The predicted octanol–water partition coefficient (Wildman–Crippen LogP) is -0.226. The van der Waals surface area contributed by atoms with Gasteiger partial charge in [0.05, 0.1) is 7.11 Å². The van der Waals surface area contributed by atoms with Crippen molar-refractivity contribution >= 4 is 5.97 Å². The third-order valence-corrected chi connectivity index (χ3v) is 1.24. The summed E-state index contributed by atoms with van der Waals surface area (Å²) >= 11 is 0. The lowest BCUT2D eigenvalue weighted by atomic mass is 10.3. The minimum absolute atomic E-state index is 0.214. The second-order valence-electron chi connectivity index (χ2n) is 1.90. The molecule has 6 nitrogen and oxygen atoms in total. The smallest absolute Gasteiger partial charge is 0.360 e. The highest BCUT2D eigenvalue weighted by Crippen LogP contribution is 2.18. The number of hydrogen-bond acceptors (Lipinski definition) is 5. The van der Waals surface area contributed by atoms with Gasteiger partial charge in [-0.05, 0) is 0 Å². The molecular formula is C6H5N3O3.